The van der Waals surface area contributed by atoms with E-state index in [4.69, 9.17) is 5.11 Å². The van der Waals surface area contributed by atoms with Gasteiger partial charge in [-0.25, -0.2) is 0 Å². The fourth-order valence-corrected chi connectivity index (χ4v) is 3.71. The molecule has 1 atom stereocenters. The van der Waals surface area contributed by atoms with E-state index in [1.807, 2.05) is 0 Å². The van der Waals surface area contributed by atoms with Crippen LogP contribution in [0.2, 0.25) is 0 Å². The summed E-state index contributed by atoms with van der Waals surface area (Å²) in [6, 6.07) is 2.11. The average Bonchev–Trinajstić information content (AvgIpc) is 2.81. The van der Waals surface area contributed by atoms with Crippen LogP contribution in [0.15, 0.2) is 6.07 Å². The Labute approximate surface area is 119 Å². The molecule has 0 saturated heterocycles. The summed E-state index contributed by atoms with van der Waals surface area (Å²) in [6.07, 6.45) is 5.34. The second-order valence-electron chi connectivity index (χ2n) is 5.60. The minimum absolute atomic E-state index is 0.0200. The van der Waals surface area contributed by atoms with Crippen molar-refractivity contribution in [3.63, 3.8) is 0 Å². The van der Waals surface area contributed by atoms with Gasteiger partial charge in [-0.15, -0.1) is 11.3 Å². The van der Waals surface area contributed by atoms with E-state index in [0.717, 1.165) is 17.7 Å². The Balaban J connectivity index is 2.04. The standard InChI is InChI=1S/C15H23NO2S/c1-10(2)12(7-8-17)16-15(18)14-9-11-5-3-4-6-13(11)19-14/h9-10,12,17H,3-8H2,1-2H3,(H,16,18). The molecular formula is C15H23NO2S. The lowest BCUT2D eigenvalue weighted by atomic mass is 9.99. The highest BCUT2D eigenvalue weighted by Crippen LogP contribution is 2.29. The molecule has 0 radical (unpaired) electrons. The summed E-state index contributed by atoms with van der Waals surface area (Å²) in [4.78, 5) is 14.5. The van der Waals surface area contributed by atoms with Crippen molar-refractivity contribution in [3.8, 4) is 0 Å². The van der Waals surface area contributed by atoms with Gasteiger partial charge in [0.2, 0.25) is 0 Å². The highest BCUT2D eigenvalue weighted by molar-refractivity contribution is 7.14. The molecule has 0 aliphatic heterocycles. The van der Waals surface area contributed by atoms with Crippen molar-refractivity contribution < 1.29 is 9.90 Å². The number of aliphatic hydroxyl groups is 1. The van der Waals surface area contributed by atoms with Crippen molar-refractivity contribution in [3.05, 3.63) is 21.4 Å². The third-order valence-corrected chi connectivity index (χ3v) is 5.02. The highest BCUT2D eigenvalue weighted by atomic mass is 32.1. The van der Waals surface area contributed by atoms with Crippen molar-refractivity contribution in [2.24, 2.45) is 5.92 Å². The van der Waals surface area contributed by atoms with Crippen molar-refractivity contribution in [1.82, 2.24) is 5.32 Å². The molecule has 1 aromatic heterocycles. The molecule has 1 aliphatic carbocycles. The highest BCUT2D eigenvalue weighted by Gasteiger charge is 2.20. The van der Waals surface area contributed by atoms with Crippen LogP contribution in [-0.2, 0) is 12.8 Å². The first-order chi connectivity index (χ1) is 9.11. The Morgan fingerprint density at radius 2 is 2.16 bits per heavy atom. The van der Waals surface area contributed by atoms with Gasteiger partial charge in [-0.1, -0.05) is 13.8 Å². The largest absolute Gasteiger partial charge is 0.396 e. The molecule has 0 bridgehead atoms. The van der Waals surface area contributed by atoms with Crippen molar-refractivity contribution in [2.75, 3.05) is 6.61 Å². The number of thiophene rings is 1. The molecule has 0 aromatic carbocycles. The van der Waals surface area contributed by atoms with Gasteiger partial charge in [0.1, 0.15) is 0 Å². The van der Waals surface area contributed by atoms with Crippen LogP contribution in [0.4, 0.5) is 0 Å². The second-order valence-corrected chi connectivity index (χ2v) is 6.74. The van der Waals surface area contributed by atoms with Gasteiger partial charge in [0.15, 0.2) is 0 Å². The minimum atomic E-state index is 0.0200. The first-order valence-electron chi connectivity index (χ1n) is 7.15. The molecule has 19 heavy (non-hydrogen) atoms. The number of fused-ring (bicyclic) bond motifs is 1. The number of carbonyl (C=O) groups is 1. The first-order valence-corrected chi connectivity index (χ1v) is 7.96. The van der Waals surface area contributed by atoms with E-state index in [1.165, 1.54) is 23.3 Å². The van der Waals surface area contributed by atoms with E-state index < -0.39 is 0 Å². The predicted octanol–water partition coefficient (Wildman–Crippen LogP) is 2.76. The summed E-state index contributed by atoms with van der Waals surface area (Å²) in [6.45, 7) is 4.25. The Bertz CT molecular complexity index is 416. The van der Waals surface area contributed by atoms with Crippen LogP contribution < -0.4 is 5.32 Å². The fraction of sp³-hybridized carbons (Fsp3) is 0.667. The van der Waals surface area contributed by atoms with Gasteiger partial charge < -0.3 is 10.4 Å². The Morgan fingerprint density at radius 3 is 2.79 bits per heavy atom. The van der Waals surface area contributed by atoms with E-state index >= 15 is 0 Å². The normalized spacial score (nSPS) is 16.2. The number of carbonyl (C=O) groups excluding carboxylic acids is 1. The van der Waals surface area contributed by atoms with Crippen LogP contribution in [0.25, 0.3) is 0 Å². The number of hydrogen-bond donors (Lipinski definition) is 2. The van der Waals surface area contributed by atoms with E-state index in [-0.39, 0.29) is 18.6 Å². The van der Waals surface area contributed by atoms with Crippen LogP contribution in [0.3, 0.4) is 0 Å². The van der Waals surface area contributed by atoms with Crippen LogP contribution in [0.5, 0.6) is 0 Å². The molecule has 1 aliphatic rings. The number of hydrogen-bond acceptors (Lipinski definition) is 3. The lowest BCUT2D eigenvalue weighted by molar-refractivity contribution is 0.0920. The molecule has 106 valence electrons. The van der Waals surface area contributed by atoms with Crippen LogP contribution in [0, 0.1) is 5.92 Å². The van der Waals surface area contributed by atoms with Gasteiger partial charge in [0, 0.05) is 17.5 Å². The minimum Gasteiger partial charge on any atom is -0.396 e. The first kappa shape index (κ1) is 14.5. The van der Waals surface area contributed by atoms with Gasteiger partial charge in [0.05, 0.1) is 4.88 Å². The molecule has 1 unspecified atom stereocenters. The molecule has 4 heteroatoms. The maximum Gasteiger partial charge on any atom is 0.261 e. The SMILES string of the molecule is CC(C)C(CCO)NC(=O)c1cc2c(s1)CCCC2. The zero-order valence-corrected chi connectivity index (χ0v) is 12.6. The zero-order valence-electron chi connectivity index (χ0n) is 11.7. The van der Waals surface area contributed by atoms with Crippen molar-refractivity contribution in [2.45, 2.75) is 52.0 Å². The average molecular weight is 281 g/mol. The molecule has 2 rings (SSSR count). The summed E-state index contributed by atoms with van der Waals surface area (Å²) < 4.78 is 0. The van der Waals surface area contributed by atoms with Crippen LogP contribution in [-0.4, -0.2) is 23.7 Å². The van der Waals surface area contributed by atoms with Gasteiger partial charge in [-0.3, -0.25) is 4.79 Å². The molecular weight excluding hydrogens is 258 g/mol. The van der Waals surface area contributed by atoms with Crippen molar-refractivity contribution in [1.29, 1.82) is 0 Å². The smallest absolute Gasteiger partial charge is 0.261 e. The summed E-state index contributed by atoms with van der Waals surface area (Å²) in [5, 5.41) is 12.1. The number of amides is 1. The van der Waals surface area contributed by atoms with Gasteiger partial charge >= 0.3 is 0 Å². The second kappa shape index (κ2) is 6.53. The fourth-order valence-electron chi connectivity index (χ4n) is 2.55. The van der Waals surface area contributed by atoms with E-state index in [0.29, 0.717) is 12.3 Å². The summed E-state index contributed by atoms with van der Waals surface area (Å²) >= 11 is 1.64. The molecule has 2 N–H and O–H groups in total. The number of rotatable bonds is 5. The zero-order chi connectivity index (χ0) is 13.8. The maximum atomic E-state index is 12.3. The van der Waals surface area contributed by atoms with E-state index in [1.54, 1.807) is 11.3 Å². The monoisotopic (exact) mass is 281 g/mol. The van der Waals surface area contributed by atoms with Crippen LogP contribution >= 0.6 is 11.3 Å². The molecule has 0 fully saturated rings. The summed E-state index contributed by atoms with van der Waals surface area (Å²) in [5.41, 5.74) is 1.37. The van der Waals surface area contributed by atoms with Gasteiger partial charge in [0.25, 0.3) is 5.91 Å². The summed E-state index contributed by atoms with van der Waals surface area (Å²) in [7, 11) is 0. The van der Waals surface area contributed by atoms with E-state index in [9.17, 15) is 4.79 Å². The van der Waals surface area contributed by atoms with Crippen LogP contribution in [0.1, 0.15) is 53.2 Å². The van der Waals surface area contributed by atoms with Crippen molar-refractivity contribution >= 4 is 17.2 Å². The molecule has 1 aromatic rings. The van der Waals surface area contributed by atoms with Gasteiger partial charge in [-0.2, -0.15) is 0 Å². The number of nitrogens with one attached hydrogen (secondary N) is 1. The van der Waals surface area contributed by atoms with E-state index in [2.05, 4.69) is 25.2 Å². The molecule has 0 spiro atoms. The lowest BCUT2D eigenvalue weighted by Gasteiger charge is -2.21. The quantitative estimate of drug-likeness (QED) is 0.872. The third-order valence-electron chi connectivity index (χ3n) is 3.78. The van der Waals surface area contributed by atoms with Gasteiger partial charge in [-0.05, 0) is 49.7 Å². The third kappa shape index (κ3) is 3.57. The number of aliphatic hydroxyl groups excluding tert-OH is 1. The predicted molar refractivity (Wildman–Crippen MR) is 78.8 cm³/mol. The maximum absolute atomic E-state index is 12.3. The molecule has 3 nitrogen and oxygen atoms in total. The Morgan fingerprint density at radius 1 is 1.42 bits per heavy atom. The summed E-state index contributed by atoms with van der Waals surface area (Å²) in [5.74, 6) is 0.359. The molecule has 1 heterocycles. The molecule has 0 saturated carbocycles. The topological polar surface area (TPSA) is 49.3 Å². The molecule has 1 amide bonds. The Kier molecular flexibility index (Phi) is 4.99. The Hall–Kier alpha value is -0.870. The lowest BCUT2D eigenvalue weighted by Crippen LogP contribution is -2.38. The number of aryl methyl sites for hydroxylation is 2.